The van der Waals surface area contributed by atoms with Crippen LogP contribution < -0.4 is 0 Å². The minimum Gasteiger partial charge on any atom is -0.395 e. The lowest BCUT2D eigenvalue weighted by molar-refractivity contribution is -0.157. The molecule has 0 amide bonds. The maximum atomic E-state index is 10.9. The Kier molecular flexibility index (Phi) is 4.91. The quantitative estimate of drug-likeness (QED) is 0.267. The molecule has 72 valence electrons. The van der Waals surface area contributed by atoms with E-state index in [0.29, 0.717) is 0 Å². The first kappa shape index (κ1) is 11.8. The van der Waals surface area contributed by atoms with Gasteiger partial charge in [-0.15, -0.1) is 11.6 Å². The van der Waals surface area contributed by atoms with E-state index in [0.717, 1.165) is 6.92 Å². The van der Waals surface area contributed by atoms with Gasteiger partial charge in [0.25, 0.3) is 0 Å². The lowest BCUT2D eigenvalue weighted by atomic mass is 10.0. The Hall–Kier alpha value is -1.23. The van der Waals surface area contributed by atoms with Gasteiger partial charge in [0.15, 0.2) is 17.5 Å². The van der Waals surface area contributed by atoms with E-state index in [9.17, 15) is 19.2 Å². The summed E-state index contributed by atoms with van der Waals surface area (Å²) < 4.78 is 3.87. The lowest BCUT2D eigenvalue weighted by Gasteiger charge is -2.06. The zero-order chi connectivity index (χ0) is 10.4. The third kappa shape index (κ3) is 3.33. The molecule has 0 spiro atoms. The summed E-state index contributed by atoms with van der Waals surface area (Å²) in [5.41, 5.74) is 0. The van der Waals surface area contributed by atoms with Crippen molar-refractivity contribution >= 4 is 35.6 Å². The number of hydrogen-bond donors (Lipinski definition) is 0. The smallest absolute Gasteiger partial charge is 0.331 e. The summed E-state index contributed by atoms with van der Waals surface area (Å²) in [6, 6.07) is 0. The van der Waals surface area contributed by atoms with E-state index < -0.39 is 29.3 Å². The number of alkyl halides is 1. The van der Waals surface area contributed by atoms with Crippen molar-refractivity contribution in [2.75, 3.05) is 5.88 Å². The van der Waals surface area contributed by atoms with Crippen molar-refractivity contribution in [1.82, 2.24) is 0 Å². The second-order valence-electron chi connectivity index (χ2n) is 2.18. The highest BCUT2D eigenvalue weighted by molar-refractivity contribution is 6.32. The average molecular weight is 207 g/mol. The monoisotopic (exact) mass is 206 g/mol. The maximum Gasteiger partial charge on any atom is 0.331 e. The van der Waals surface area contributed by atoms with Gasteiger partial charge in [0.05, 0.1) is 5.88 Å². The molecule has 0 rings (SSSR count). The molecule has 0 aromatic rings. The number of carbonyl (C=O) groups is 4. The molecule has 1 atom stereocenters. The summed E-state index contributed by atoms with van der Waals surface area (Å²) in [5, 5.41) is 0. The van der Waals surface area contributed by atoms with Gasteiger partial charge < -0.3 is 4.74 Å². The fourth-order valence-corrected chi connectivity index (χ4v) is 0.871. The van der Waals surface area contributed by atoms with Gasteiger partial charge in [-0.05, 0) is 6.92 Å². The van der Waals surface area contributed by atoms with Gasteiger partial charge in [-0.1, -0.05) is 0 Å². The molecule has 5 nitrogen and oxygen atoms in total. The van der Waals surface area contributed by atoms with Crippen LogP contribution in [0.15, 0.2) is 0 Å². The summed E-state index contributed by atoms with van der Waals surface area (Å²) >= 11 is 5.14. The fourth-order valence-electron chi connectivity index (χ4n) is 0.717. The molecule has 6 heteroatoms. The predicted molar refractivity (Wildman–Crippen MR) is 42.1 cm³/mol. The number of ether oxygens (including phenoxy) is 1. The van der Waals surface area contributed by atoms with Gasteiger partial charge in [-0.2, -0.15) is 0 Å². The molecule has 13 heavy (non-hydrogen) atoms. The fraction of sp³-hybridized carbons (Fsp3) is 0.429. The van der Waals surface area contributed by atoms with Crippen molar-refractivity contribution in [2.24, 2.45) is 5.92 Å². The Morgan fingerprint density at radius 3 is 2.31 bits per heavy atom. The number of Topliss-reactive ketones (excluding diaryl/α,β-unsaturated/α-hetero) is 2. The summed E-state index contributed by atoms with van der Waals surface area (Å²) in [6.45, 7) is 0.904. The highest BCUT2D eigenvalue weighted by Gasteiger charge is 2.31. The highest BCUT2D eigenvalue weighted by Crippen LogP contribution is 2.04. The number of ketones is 2. The van der Waals surface area contributed by atoms with Crippen LogP contribution in [-0.4, -0.2) is 29.9 Å². The number of hydrogen-bond acceptors (Lipinski definition) is 5. The van der Waals surface area contributed by atoms with Crippen LogP contribution in [-0.2, 0) is 23.9 Å². The van der Waals surface area contributed by atoms with Crippen LogP contribution in [0.1, 0.15) is 6.92 Å². The third-order valence-electron chi connectivity index (χ3n) is 1.26. The van der Waals surface area contributed by atoms with Crippen LogP contribution in [0.25, 0.3) is 0 Å². The molecular formula is C7H7ClO5. The zero-order valence-electron chi connectivity index (χ0n) is 6.78. The Morgan fingerprint density at radius 1 is 1.46 bits per heavy atom. The van der Waals surface area contributed by atoms with E-state index >= 15 is 0 Å². The molecule has 0 heterocycles. The summed E-state index contributed by atoms with van der Waals surface area (Å²) in [5.74, 6) is -4.72. The topological polar surface area (TPSA) is 77.5 Å². The van der Waals surface area contributed by atoms with E-state index in [4.69, 9.17) is 11.6 Å². The van der Waals surface area contributed by atoms with Crippen molar-refractivity contribution in [3.05, 3.63) is 0 Å². The molecule has 0 aliphatic heterocycles. The molecular weight excluding hydrogens is 200 g/mol. The van der Waals surface area contributed by atoms with E-state index in [-0.39, 0.29) is 6.47 Å². The Morgan fingerprint density at radius 2 is 2.00 bits per heavy atom. The largest absolute Gasteiger partial charge is 0.395 e. The van der Waals surface area contributed by atoms with Crippen LogP contribution in [0.4, 0.5) is 0 Å². The van der Waals surface area contributed by atoms with E-state index in [2.05, 4.69) is 4.74 Å². The summed E-state index contributed by atoms with van der Waals surface area (Å²) in [6.07, 6.45) is 0. The molecule has 0 saturated heterocycles. The Labute approximate surface area is 79.0 Å². The first-order valence-corrected chi connectivity index (χ1v) is 3.81. The van der Waals surface area contributed by atoms with E-state index in [1.807, 2.05) is 0 Å². The van der Waals surface area contributed by atoms with Crippen LogP contribution in [0.2, 0.25) is 0 Å². The number of halogens is 1. The van der Waals surface area contributed by atoms with Crippen molar-refractivity contribution in [1.29, 1.82) is 0 Å². The second kappa shape index (κ2) is 5.42. The van der Waals surface area contributed by atoms with Crippen LogP contribution >= 0.6 is 11.6 Å². The molecule has 0 radical (unpaired) electrons. The number of esters is 1. The van der Waals surface area contributed by atoms with Crippen molar-refractivity contribution < 1.29 is 23.9 Å². The molecule has 0 bridgehead atoms. The van der Waals surface area contributed by atoms with Gasteiger partial charge in [0.1, 0.15) is 0 Å². The third-order valence-corrected chi connectivity index (χ3v) is 1.52. The van der Waals surface area contributed by atoms with Gasteiger partial charge in [-0.3, -0.25) is 19.2 Å². The molecule has 0 N–H and O–H groups in total. The van der Waals surface area contributed by atoms with Crippen molar-refractivity contribution in [3.63, 3.8) is 0 Å². The minimum atomic E-state index is -1.58. The Bertz CT molecular complexity index is 247. The maximum absolute atomic E-state index is 10.9. The first-order chi connectivity index (χ1) is 6.04. The normalized spacial score (nSPS) is 11.5. The average Bonchev–Trinajstić information content (AvgIpc) is 2.04. The lowest BCUT2D eigenvalue weighted by Crippen LogP contribution is -2.32. The van der Waals surface area contributed by atoms with Crippen LogP contribution in [0, 0.1) is 5.92 Å². The van der Waals surface area contributed by atoms with E-state index in [1.165, 1.54) is 0 Å². The number of carbonyl (C=O) groups excluding carboxylic acids is 4. The van der Waals surface area contributed by atoms with Crippen molar-refractivity contribution in [3.8, 4) is 0 Å². The minimum absolute atomic E-state index is 0.139. The van der Waals surface area contributed by atoms with Crippen LogP contribution in [0.3, 0.4) is 0 Å². The molecule has 0 aromatic heterocycles. The Balaban J connectivity index is 4.60. The molecule has 0 aliphatic carbocycles. The highest BCUT2D eigenvalue weighted by atomic mass is 35.5. The number of rotatable bonds is 5. The van der Waals surface area contributed by atoms with E-state index in [1.54, 1.807) is 0 Å². The molecule has 1 unspecified atom stereocenters. The molecule has 0 aromatic carbocycles. The van der Waals surface area contributed by atoms with Gasteiger partial charge in [0, 0.05) is 0 Å². The molecule has 0 saturated carbocycles. The predicted octanol–water partition coefficient (Wildman–Crippen LogP) is -0.301. The summed E-state index contributed by atoms with van der Waals surface area (Å²) in [4.78, 5) is 42.3. The summed E-state index contributed by atoms with van der Waals surface area (Å²) in [7, 11) is 0. The zero-order valence-corrected chi connectivity index (χ0v) is 7.54. The molecule has 0 aliphatic rings. The van der Waals surface area contributed by atoms with Crippen LogP contribution in [0.5, 0.6) is 0 Å². The van der Waals surface area contributed by atoms with Gasteiger partial charge in [0.2, 0.25) is 0 Å². The second-order valence-corrected chi connectivity index (χ2v) is 2.44. The van der Waals surface area contributed by atoms with Gasteiger partial charge in [-0.25, -0.2) is 0 Å². The van der Waals surface area contributed by atoms with Crippen molar-refractivity contribution in [2.45, 2.75) is 6.92 Å². The van der Waals surface area contributed by atoms with Gasteiger partial charge >= 0.3 is 12.4 Å². The molecule has 0 fully saturated rings. The SMILES string of the molecule is CC(=O)C(C(=O)CCl)C(=O)OC=O. The standard InChI is InChI=1S/C7H7ClO5/c1-4(10)6(5(11)2-8)7(12)13-3-9/h3,6H,2H2,1H3. The first-order valence-electron chi connectivity index (χ1n) is 3.27.